The van der Waals surface area contributed by atoms with Crippen LogP contribution in [0.2, 0.25) is 0 Å². The van der Waals surface area contributed by atoms with Gasteiger partial charge in [0.1, 0.15) is 0 Å². The molecule has 1 aliphatic heterocycles. The van der Waals surface area contributed by atoms with Crippen LogP contribution in [0.1, 0.15) is 32.1 Å². The molecule has 98 valence electrons. The van der Waals surface area contributed by atoms with Gasteiger partial charge in [0.25, 0.3) is 0 Å². The largest absolute Gasteiger partial charge is 0.469 e. The third kappa shape index (κ3) is 4.28. The van der Waals surface area contributed by atoms with E-state index in [0.29, 0.717) is 0 Å². The van der Waals surface area contributed by atoms with Crippen LogP contribution in [0.3, 0.4) is 0 Å². The number of methoxy groups -OCH3 is 1. The van der Waals surface area contributed by atoms with E-state index in [1.807, 2.05) is 0 Å². The Morgan fingerprint density at radius 2 is 2.00 bits per heavy atom. The summed E-state index contributed by atoms with van der Waals surface area (Å²) in [4.78, 5) is 13.8. The zero-order chi connectivity index (χ0) is 12.1. The SMILES string of the molecule is COC(=O)C1CCN(CCCNC2CC2)CC1. The molecule has 0 bridgehead atoms. The van der Waals surface area contributed by atoms with Gasteiger partial charge in [-0.25, -0.2) is 0 Å². The van der Waals surface area contributed by atoms with E-state index in [2.05, 4.69) is 10.2 Å². The van der Waals surface area contributed by atoms with Crippen LogP contribution in [0, 0.1) is 5.92 Å². The fourth-order valence-corrected chi connectivity index (χ4v) is 2.46. The first kappa shape index (κ1) is 12.8. The molecule has 2 rings (SSSR count). The summed E-state index contributed by atoms with van der Waals surface area (Å²) < 4.78 is 4.79. The van der Waals surface area contributed by atoms with Gasteiger partial charge in [-0.1, -0.05) is 0 Å². The van der Waals surface area contributed by atoms with Crippen molar-refractivity contribution in [2.75, 3.05) is 33.3 Å². The highest BCUT2D eigenvalue weighted by Crippen LogP contribution is 2.19. The molecule has 1 heterocycles. The topological polar surface area (TPSA) is 41.6 Å². The van der Waals surface area contributed by atoms with Crippen molar-refractivity contribution in [3.8, 4) is 0 Å². The predicted molar refractivity (Wildman–Crippen MR) is 66.8 cm³/mol. The highest BCUT2D eigenvalue weighted by molar-refractivity contribution is 5.72. The summed E-state index contributed by atoms with van der Waals surface area (Å²) in [6.45, 7) is 4.39. The fourth-order valence-electron chi connectivity index (χ4n) is 2.46. The maximum absolute atomic E-state index is 11.4. The zero-order valence-corrected chi connectivity index (χ0v) is 10.8. The van der Waals surface area contributed by atoms with Gasteiger partial charge in [0.05, 0.1) is 13.0 Å². The van der Waals surface area contributed by atoms with Crippen LogP contribution in [-0.4, -0.2) is 50.2 Å². The van der Waals surface area contributed by atoms with Crippen LogP contribution < -0.4 is 5.32 Å². The Morgan fingerprint density at radius 3 is 2.59 bits per heavy atom. The molecule has 0 unspecified atom stereocenters. The number of carbonyl (C=O) groups excluding carboxylic acids is 1. The first-order chi connectivity index (χ1) is 8.29. The van der Waals surface area contributed by atoms with Crippen LogP contribution in [-0.2, 0) is 9.53 Å². The number of hydrogen-bond donors (Lipinski definition) is 1. The van der Waals surface area contributed by atoms with Crippen molar-refractivity contribution in [3.63, 3.8) is 0 Å². The number of nitrogens with one attached hydrogen (secondary N) is 1. The Bertz CT molecular complexity index is 246. The molecule has 0 amide bonds. The second kappa shape index (κ2) is 6.36. The normalized spacial score (nSPS) is 22.6. The average Bonchev–Trinajstić information content (AvgIpc) is 3.18. The number of hydrogen-bond acceptors (Lipinski definition) is 4. The van der Waals surface area contributed by atoms with E-state index >= 15 is 0 Å². The first-order valence-electron chi connectivity index (χ1n) is 6.83. The Balaban J connectivity index is 1.53. The molecule has 4 heteroatoms. The maximum atomic E-state index is 11.4. The van der Waals surface area contributed by atoms with Gasteiger partial charge in [-0.05, 0) is 58.3 Å². The number of rotatable bonds is 6. The molecule has 1 N–H and O–H groups in total. The molecule has 1 saturated heterocycles. The number of piperidine rings is 1. The van der Waals surface area contributed by atoms with Crippen molar-refractivity contribution in [1.82, 2.24) is 10.2 Å². The summed E-state index contributed by atoms with van der Waals surface area (Å²) in [5, 5.41) is 3.53. The molecule has 17 heavy (non-hydrogen) atoms. The van der Waals surface area contributed by atoms with Crippen LogP contribution in [0.4, 0.5) is 0 Å². The van der Waals surface area contributed by atoms with Crippen molar-refractivity contribution >= 4 is 5.97 Å². The Morgan fingerprint density at radius 1 is 1.29 bits per heavy atom. The molecule has 1 saturated carbocycles. The minimum atomic E-state index is -0.0277. The van der Waals surface area contributed by atoms with Crippen LogP contribution >= 0.6 is 0 Å². The van der Waals surface area contributed by atoms with Gasteiger partial charge in [0.2, 0.25) is 0 Å². The smallest absolute Gasteiger partial charge is 0.308 e. The molecule has 0 spiro atoms. The minimum absolute atomic E-state index is 0.0277. The summed E-state index contributed by atoms with van der Waals surface area (Å²) >= 11 is 0. The van der Waals surface area contributed by atoms with Crippen molar-refractivity contribution in [3.05, 3.63) is 0 Å². The van der Waals surface area contributed by atoms with Crippen LogP contribution in [0.15, 0.2) is 0 Å². The van der Waals surface area contributed by atoms with Gasteiger partial charge >= 0.3 is 5.97 Å². The number of ether oxygens (including phenoxy) is 1. The molecule has 0 aromatic heterocycles. The molecule has 0 aromatic rings. The lowest BCUT2D eigenvalue weighted by Gasteiger charge is -2.30. The number of esters is 1. The van der Waals surface area contributed by atoms with Gasteiger partial charge in [0, 0.05) is 6.04 Å². The number of likely N-dealkylation sites (tertiary alicyclic amines) is 1. The van der Waals surface area contributed by atoms with Crippen LogP contribution in [0.25, 0.3) is 0 Å². The summed E-state index contributed by atoms with van der Waals surface area (Å²) in [6, 6.07) is 0.820. The molecule has 0 aromatic carbocycles. The Kier molecular flexibility index (Phi) is 4.80. The van der Waals surface area contributed by atoms with Crippen LogP contribution in [0.5, 0.6) is 0 Å². The van der Waals surface area contributed by atoms with Gasteiger partial charge in [-0.2, -0.15) is 0 Å². The average molecular weight is 240 g/mol. The van der Waals surface area contributed by atoms with Crippen molar-refractivity contribution < 1.29 is 9.53 Å². The molecule has 0 atom stereocenters. The lowest BCUT2D eigenvalue weighted by molar-refractivity contribution is -0.147. The highest BCUT2D eigenvalue weighted by atomic mass is 16.5. The molecule has 2 fully saturated rings. The first-order valence-corrected chi connectivity index (χ1v) is 6.83. The quantitative estimate of drug-likeness (QED) is 0.556. The minimum Gasteiger partial charge on any atom is -0.469 e. The van der Waals surface area contributed by atoms with Gasteiger partial charge in [-0.3, -0.25) is 4.79 Å². The summed E-state index contributed by atoms with van der Waals surface area (Å²) in [5.74, 6) is 0.112. The van der Waals surface area contributed by atoms with Crippen molar-refractivity contribution in [2.45, 2.75) is 38.1 Å². The number of nitrogens with zero attached hydrogens (tertiary/aromatic N) is 1. The van der Waals surface area contributed by atoms with E-state index in [4.69, 9.17) is 4.74 Å². The number of carbonyl (C=O) groups is 1. The lowest BCUT2D eigenvalue weighted by atomic mass is 9.97. The second-order valence-electron chi connectivity index (χ2n) is 5.22. The Labute approximate surface area is 104 Å². The van der Waals surface area contributed by atoms with Gasteiger partial charge in [-0.15, -0.1) is 0 Å². The van der Waals surface area contributed by atoms with E-state index < -0.39 is 0 Å². The summed E-state index contributed by atoms with van der Waals surface area (Å²) in [7, 11) is 1.48. The third-order valence-corrected chi connectivity index (χ3v) is 3.78. The third-order valence-electron chi connectivity index (χ3n) is 3.78. The molecule has 2 aliphatic rings. The molecule has 4 nitrogen and oxygen atoms in total. The molecule has 0 radical (unpaired) electrons. The summed E-state index contributed by atoms with van der Waals surface area (Å²) in [5.41, 5.74) is 0. The lowest BCUT2D eigenvalue weighted by Crippen LogP contribution is -2.38. The monoisotopic (exact) mass is 240 g/mol. The molecule has 1 aliphatic carbocycles. The zero-order valence-electron chi connectivity index (χ0n) is 10.8. The van der Waals surface area contributed by atoms with Gasteiger partial charge < -0.3 is 15.0 Å². The van der Waals surface area contributed by atoms with E-state index in [9.17, 15) is 4.79 Å². The van der Waals surface area contributed by atoms with Gasteiger partial charge in [0.15, 0.2) is 0 Å². The predicted octanol–water partition coefficient (Wildman–Crippen LogP) is 1.01. The Hall–Kier alpha value is -0.610. The van der Waals surface area contributed by atoms with Crippen molar-refractivity contribution in [1.29, 1.82) is 0 Å². The summed E-state index contributed by atoms with van der Waals surface area (Å²) in [6.07, 6.45) is 5.87. The van der Waals surface area contributed by atoms with Crippen molar-refractivity contribution in [2.24, 2.45) is 5.92 Å². The fraction of sp³-hybridized carbons (Fsp3) is 0.923. The molecular weight excluding hydrogens is 216 g/mol. The van der Waals surface area contributed by atoms with E-state index in [1.54, 1.807) is 0 Å². The second-order valence-corrected chi connectivity index (χ2v) is 5.22. The van der Waals surface area contributed by atoms with E-state index in [1.165, 1.54) is 26.4 Å². The standard InChI is InChI=1S/C13H24N2O2/c1-17-13(16)11-5-9-15(10-6-11)8-2-7-14-12-3-4-12/h11-12,14H,2-10H2,1H3. The van der Waals surface area contributed by atoms with E-state index in [0.717, 1.165) is 45.1 Å². The maximum Gasteiger partial charge on any atom is 0.308 e. The highest BCUT2D eigenvalue weighted by Gasteiger charge is 2.25. The van der Waals surface area contributed by atoms with E-state index in [-0.39, 0.29) is 11.9 Å². The molecular formula is C13H24N2O2.